The summed E-state index contributed by atoms with van der Waals surface area (Å²) in [4.78, 5) is 0.327. The molecule has 0 aliphatic rings. The highest BCUT2D eigenvalue weighted by atomic mass is 32.2. The Morgan fingerprint density at radius 1 is 1.22 bits per heavy atom. The minimum Gasteiger partial charge on any atom is -0.380 e. The summed E-state index contributed by atoms with van der Waals surface area (Å²) in [5.74, 6) is 0.429. The van der Waals surface area contributed by atoms with Gasteiger partial charge in [0.05, 0.1) is 17.3 Å². The highest BCUT2D eigenvalue weighted by molar-refractivity contribution is 7.91. The first-order valence-corrected chi connectivity index (χ1v) is 7.70. The average Bonchev–Trinajstić information content (AvgIpc) is 2.34. The molecule has 0 bridgehead atoms. The van der Waals surface area contributed by atoms with Gasteiger partial charge in [-0.2, -0.15) is 0 Å². The van der Waals surface area contributed by atoms with Crippen LogP contribution in [-0.4, -0.2) is 27.4 Å². The quantitative estimate of drug-likeness (QED) is 0.765. The largest absolute Gasteiger partial charge is 0.380 e. The third-order valence-corrected chi connectivity index (χ3v) is 4.16. The fourth-order valence-corrected chi connectivity index (χ4v) is 2.56. The molecule has 102 valence electrons. The second kappa shape index (κ2) is 6.87. The van der Waals surface area contributed by atoms with Crippen LogP contribution >= 0.6 is 0 Å². The third-order valence-electron chi connectivity index (χ3n) is 2.47. The van der Waals surface area contributed by atoms with Gasteiger partial charge in [0.15, 0.2) is 9.84 Å². The van der Waals surface area contributed by atoms with E-state index in [2.05, 4.69) is 0 Å². The van der Waals surface area contributed by atoms with E-state index in [1.165, 1.54) is 0 Å². The van der Waals surface area contributed by atoms with Crippen molar-refractivity contribution in [2.45, 2.75) is 25.3 Å². The minimum absolute atomic E-state index is 0.0156. The van der Waals surface area contributed by atoms with E-state index in [4.69, 9.17) is 10.5 Å². The van der Waals surface area contributed by atoms with E-state index in [0.717, 1.165) is 5.56 Å². The maximum Gasteiger partial charge on any atom is 0.180 e. The molecule has 4 nitrogen and oxygen atoms in total. The van der Waals surface area contributed by atoms with Crippen LogP contribution in [0.3, 0.4) is 0 Å². The molecule has 0 aliphatic heterocycles. The van der Waals surface area contributed by atoms with Crippen molar-refractivity contribution in [1.29, 1.82) is 0 Å². The van der Waals surface area contributed by atoms with Crippen LogP contribution in [0, 0.1) is 5.92 Å². The number of sulfone groups is 1. The number of hydrogen-bond donors (Lipinski definition) is 1. The summed E-state index contributed by atoms with van der Waals surface area (Å²) >= 11 is 0. The standard InChI is InChI=1S/C13H21NO3S/c1-11(2)10-17-7-8-18(15,16)13-5-3-12(9-14)4-6-13/h3-6,11H,7-10,14H2,1-2H3. The van der Waals surface area contributed by atoms with Gasteiger partial charge in [-0.05, 0) is 23.6 Å². The van der Waals surface area contributed by atoms with Gasteiger partial charge < -0.3 is 10.5 Å². The maximum absolute atomic E-state index is 12.0. The molecule has 0 radical (unpaired) electrons. The van der Waals surface area contributed by atoms with Crippen LogP contribution in [0.4, 0.5) is 0 Å². The SMILES string of the molecule is CC(C)COCCS(=O)(=O)c1ccc(CN)cc1. The van der Waals surface area contributed by atoms with Crippen LogP contribution in [0.25, 0.3) is 0 Å². The first-order chi connectivity index (χ1) is 8.45. The minimum atomic E-state index is -3.25. The summed E-state index contributed by atoms with van der Waals surface area (Å²) in [6, 6.07) is 6.67. The zero-order valence-corrected chi connectivity index (χ0v) is 11.7. The van der Waals surface area contributed by atoms with E-state index >= 15 is 0 Å². The lowest BCUT2D eigenvalue weighted by Crippen LogP contribution is -2.14. The summed E-state index contributed by atoms with van der Waals surface area (Å²) in [7, 11) is -3.25. The van der Waals surface area contributed by atoms with E-state index in [9.17, 15) is 8.42 Å². The Morgan fingerprint density at radius 2 is 1.83 bits per heavy atom. The van der Waals surface area contributed by atoms with Gasteiger partial charge in [0.1, 0.15) is 0 Å². The van der Waals surface area contributed by atoms with E-state index < -0.39 is 9.84 Å². The monoisotopic (exact) mass is 271 g/mol. The predicted octanol–water partition coefficient (Wildman–Crippen LogP) is 1.59. The molecule has 0 fully saturated rings. The van der Waals surface area contributed by atoms with Crippen molar-refractivity contribution < 1.29 is 13.2 Å². The van der Waals surface area contributed by atoms with Gasteiger partial charge in [-0.1, -0.05) is 26.0 Å². The summed E-state index contributed by atoms with van der Waals surface area (Å²) in [6.45, 7) is 5.29. The van der Waals surface area contributed by atoms with Crippen LogP contribution in [-0.2, 0) is 21.1 Å². The highest BCUT2D eigenvalue weighted by Crippen LogP contribution is 2.12. The Bertz CT molecular complexity index is 452. The van der Waals surface area contributed by atoms with Gasteiger partial charge in [0.2, 0.25) is 0 Å². The molecule has 2 N–H and O–H groups in total. The molecule has 1 aromatic carbocycles. The Kier molecular flexibility index (Phi) is 5.78. The van der Waals surface area contributed by atoms with Crippen LogP contribution in [0.2, 0.25) is 0 Å². The Labute approximate surface area is 109 Å². The second-order valence-corrected chi connectivity index (χ2v) is 6.74. The maximum atomic E-state index is 12.0. The lowest BCUT2D eigenvalue weighted by Gasteiger charge is -2.08. The zero-order chi connectivity index (χ0) is 13.6. The molecule has 0 heterocycles. The van der Waals surface area contributed by atoms with E-state index in [-0.39, 0.29) is 12.4 Å². The summed E-state index contributed by atoms with van der Waals surface area (Å²) in [5.41, 5.74) is 6.39. The molecule has 0 saturated heterocycles. The zero-order valence-electron chi connectivity index (χ0n) is 10.9. The van der Waals surface area contributed by atoms with Crippen molar-refractivity contribution >= 4 is 9.84 Å². The smallest absolute Gasteiger partial charge is 0.180 e. The fraction of sp³-hybridized carbons (Fsp3) is 0.538. The van der Waals surface area contributed by atoms with Crippen molar-refractivity contribution in [3.63, 3.8) is 0 Å². The van der Waals surface area contributed by atoms with Gasteiger partial charge in [-0.3, -0.25) is 0 Å². The topological polar surface area (TPSA) is 69.4 Å². The molecule has 0 atom stereocenters. The molecule has 1 rings (SSSR count). The highest BCUT2D eigenvalue weighted by Gasteiger charge is 2.13. The van der Waals surface area contributed by atoms with Crippen molar-refractivity contribution in [2.75, 3.05) is 19.0 Å². The number of hydrogen-bond acceptors (Lipinski definition) is 4. The first-order valence-electron chi connectivity index (χ1n) is 6.05. The van der Waals surface area contributed by atoms with Crippen molar-refractivity contribution in [3.8, 4) is 0 Å². The molecule has 0 aromatic heterocycles. The fourth-order valence-electron chi connectivity index (χ4n) is 1.44. The molecule has 0 spiro atoms. The first kappa shape index (κ1) is 15.1. The van der Waals surface area contributed by atoms with Gasteiger partial charge >= 0.3 is 0 Å². The number of ether oxygens (including phenoxy) is 1. The lowest BCUT2D eigenvalue weighted by atomic mass is 10.2. The molecule has 0 unspecified atom stereocenters. The van der Waals surface area contributed by atoms with Gasteiger partial charge in [-0.15, -0.1) is 0 Å². The van der Waals surface area contributed by atoms with Crippen LogP contribution in [0.1, 0.15) is 19.4 Å². The molecule has 0 saturated carbocycles. The number of rotatable bonds is 7. The summed E-state index contributed by atoms with van der Waals surface area (Å²) < 4.78 is 29.2. The molecule has 18 heavy (non-hydrogen) atoms. The van der Waals surface area contributed by atoms with Crippen molar-refractivity contribution in [2.24, 2.45) is 11.7 Å². The van der Waals surface area contributed by atoms with Crippen LogP contribution in [0.15, 0.2) is 29.2 Å². The second-order valence-electron chi connectivity index (χ2n) is 4.64. The molecule has 0 aliphatic carbocycles. The Morgan fingerprint density at radius 3 is 2.33 bits per heavy atom. The average molecular weight is 271 g/mol. The Hall–Kier alpha value is -0.910. The van der Waals surface area contributed by atoms with Crippen molar-refractivity contribution in [1.82, 2.24) is 0 Å². The summed E-state index contributed by atoms with van der Waals surface area (Å²) in [5, 5.41) is 0. The normalized spacial score (nSPS) is 12.0. The number of nitrogens with two attached hydrogens (primary N) is 1. The number of benzene rings is 1. The van der Waals surface area contributed by atoms with E-state index in [0.29, 0.717) is 24.0 Å². The van der Waals surface area contributed by atoms with Gasteiger partial charge in [-0.25, -0.2) is 8.42 Å². The predicted molar refractivity (Wildman–Crippen MR) is 72.0 cm³/mol. The van der Waals surface area contributed by atoms with Gasteiger partial charge in [0, 0.05) is 13.2 Å². The van der Waals surface area contributed by atoms with Crippen LogP contribution in [0.5, 0.6) is 0 Å². The molecular formula is C13H21NO3S. The van der Waals surface area contributed by atoms with E-state index in [1.807, 2.05) is 13.8 Å². The molecular weight excluding hydrogens is 250 g/mol. The van der Waals surface area contributed by atoms with Crippen LogP contribution < -0.4 is 5.73 Å². The molecule has 0 amide bonds. The molecule has 5 heteroatoms. The van der Waals surface area contributed by atoms with Gasteiger partial charge in [0.25, 0.3) is 0 Å². The van der Waals surface area contributed by atoms with E-state index in [1.54, 1.807) is 24.3 Å². The third kappa shape index (κ3) is 4.76. The van der Waals surface area contributed by atoms with Crippen molar-refractivity contribution in [3.05, 3.63) is 29.8 Å². The summed E-state index contributed by atoms with van der Waals surface area (Å²) in [6.07, 6.45) is 0. The molecule has 1 aromatic rings. The Balaban J connectivity index is 2.57. The lowest BCUT2D eigenvalue weighted by molar-refractivity contribution is 0.123.